The van der Waals surface area contributed by atoms with Crippen LogP contribution in [-0.2, 0) is 20.8 Å². The van der Waals surface area contributed by atoms with E-state index in [4.69, 9.17) is 0 Å². The summed E-state index contributed by atoms with van der Waals surface area (Å²) in [6.45, 7) is 3.02. The van der Waals surface area contributed by atoms with Crippen molar-refractivity contribution in [1.82, 2.24) is 9.80 Å². The van der Waals surface area contributed by atoms with E-state index >= 15 is 0 Å². The minimum absolute atomic E-state index is 0.0943. The van der Waals surface area contributed by atoms with Crippen molar-refractivity contribution >= 4 is 17.7 Å². The van der Waals surface area contributed by atoms with Gasteiger partial charge in [0, 0.05) is 32.4 Å². The quantitative estimate of drug-likeness (QED) is 0.787. The molecule has 0 atom stereocenters. The van der Waals surface area contributed by atoms with Crippen LogP contribution in [0.5, 0.6) is 0 Å². The first kappa shape index (κ1) is 14.8. The van der Waals surface area contributed by atoms with Gasteiger partial charge in [-0.25, -0.2) is 0 Å². The summed E-state index contributed by atoms with van der Waals surface area (Å²) in [6, 6.07) is 8.05. The van der Waals surface area contributed by atoms with E-state index in [2.05, 4.69) is 6.07 Å². The van der Waals surface area contributed by atoms with E-state index in [-0.39, 0.29) is 23.8 Å². The Labute approximate surface area is 129 Å². The number of nitrogens with zero attached hydrogens (tertiary/aromatic N) is 2. The maximum Gasteiger partial charge on any atom is 0.230 e. The second kappa shape index (κ2) is 5.91. The zero-order valence-electron chi connectivity index (χ0n) is 12.7. The van der Waals surface area contributed by atoms with Crippen LogP contribution in [0.15, 0.2) is 24.3 Å². The summed E-state index contributed by atoms with van der Waals surface area (Å²) < 4.78 is 0. The van der Waals surface area contributed by atoms with Gasteiger partial charge in [-0.15, -0.1) is 0 Å². The zero-order chi connectivity index (χ0) is 15.7. The SMILES string of the molecule is Cc1cccc(CCC(=O)N2CC(N3C(=O)CCC3=O)C2)c1. The molecular weight excluding hydrogens is 280 g/mol. The van der Waals surface area contributed by atoms with E-state index in [9.17, 15) is 14.4 Å². The third kappa shape index (κ3) is 2.89. The second-order valence-electron chi connectivity index (χ2n) is 6.10. The lowest BCUT2D eigenvalue weighted by atomic mass is 10.0. The van der Waals surface area contributed by atoms with Crippen LogP contribution in [0.1, 0.15) is 30.4 Å². The molecule has 116 valence electrons. The number of aryl methyl sites for hydroxylation is 2. The van der Waals surface area contributed by atoms with E-state index in [0.29, 0.717) is 32.4 Å². The standard InChI is InChI=1S/C17H20N2O3/c1-12-3-2-4-13(9-12)5-6-15(20)18-10-14(11-18)19-16(21)7-8-17(19)22/h2-4,9,14H,5-8,10-11H2,1H3. The Kier molecular flexibility index (Phi) is 3.96. The van der Waals surface area contributed by atoms with Gasteiger partial charge in [-0.1, -0.05) is 29.8 Å². The normalized spacial score (nSPS) is 18.8. The predicted octanol–water partition coefficient (Wildman–Crippen LogP) is 1.29. The van der Waals surface area contributed by atoms with Gasteiger partial charge < -0.3 is 4.90 Å². The van der Waals surface area contributed by atoms with Crippen LogP contribution >= 0.6 is 0 Å². The van der Waals surface area contributed by atoms with Crippen molar-refractivity contribution in [3.05, 3.63) is 35.4 Å². The number of imide groups is 1. The summed E-state index contributed by atoms with van der Waals surface area (Å²) in [6.07, 6.45) is 1.83. The predicted molar refractivity (Wildman–Crippen MR) is 81.0 cm³/mol. The van der Waals surface area contributed by atoms with Crippen LogP contribution in [0.4, 0.5) is 0 Å². The molecule has 3 amide bonds. The highest BCUT2D eigenvalue weighted by Crippen LogP contribution is 2.23. The Balaban J connectivity index is 1.47. The van der Waals surface area contributed by atoms with Crippen LogP contribution in [0.3, 0.4) is 0 Å². The van der Waals surface area contributed by atoms with Crippen molar-refractivity contribution in [2.45, 2.75) is 38.6 Å². The molecule has 2 aliphatic heterocycles. The average Bonchev–Trinajstić information content (AvgIpc) is 2.76. The molecule has 5 nitrogen and oxygen atoms in total. The van der Waals surface area contributed by atoms with Gasteiger partial charge in [0.2, 0.25) is 17.7 Å². The average molecular weight is 300 g/mol. The lowest BCUT2D eigenvalue weighted by Gasteiger charge is -2.43. The molecule has 2 heterocycles. The molecule has 0 radical (unpaired) electrons. The van der Waals surface area contributed by atoms with E-state index in [1.165, 1.54) is 10.5 Å². The van der Waals surface area contributed by atoms with E-state index in [0.717, 1.165) is 12.0 Å². The molecule has 0 N–H and O–H groups in total. The zero-order valence-corrected chi connectivity index (χ0v) is 12.7. The van der Waals surface area contributed by atoms with Crippen LogP contribution in [-0.4, -0.2) is 46.7 Å². The Hall–Kier alpha value is -2.17. The molecule has 5 heteroatoms. The fourth-order valence-corrected chi connectivity index (χ4v) is 3.10. The van der Waals surface area contributed by atoms with Crippen LogP contribution < -0.4 is 0 Å². The van der Waals surface area contributed by atoms with Crippen LogP contribution in [0, 0.1) is 6.92 Å². The van der Waals surface area contributed by atoms with Gasteiger partial charge in [0.1, 0.15) is 0 Å². The van der Waals surface area contributed by atoms with E-state index in [1.54, 1.807) is 4.90 Å². The van der Waals surface area contributed by atoms with Gasteiger partial charge in [-0.3, -0.25) is 19.3 Å². The molecule has 0 spiro atoms. The molecule has 3 rings (SSSR count). The van der Waals surface area contributed by atoms with E-state index < -0.39 is 0 Å². The number of carbonyl (C=O) groups excluding carboxylic acids is 3. The number of amides is 3. The summed E-state index contributed by atoms with van der Waals surface area (Å²) in [5.74, 6) is -0.0967. The molecular formula is C17H20N2O3. The number of hydrogen-bond donors (Lipinski definition) is 0. The molecule has 0 bridgehead atoms. The van der Waals surface area contributed by atoms with Crippen molar-refractivity contribution in [3.63, 3.8) is 0 Å². The summed E-state index contributed by atoms with van der Waals surface area (Å²) in [5.41, 5.74) is 2.36. The first-order valence-corrected chi connectivity index (χ1v) is 7.73. The number of likely N-dealkylation sites (tertiary alicyclic amines) is 2. The van der Waals surface area contributed by atoms with Crippen molar-refractivity contribution < 1.29 is 14.4 Å². The molecule has 0 aliphatic carbocycles. The number of benzene rings is 1. The van der Waals surface area contributed by atoms with Crippen LogP contribution in [0.2, 0.25) is 0 Å². The van der Waals surface area contributed by atoms with Gasteiger partial charge in [-0.2, -0.15) is 0 Å². The minimum atomic E-state index is -0.106. The monoisotopic (exact) mass is 300 g/mol. The van der Waals surface area contributed by atoms with Gasteiger partial charge in [0.25, 0.3) is 0 Å². The molecule has 1 aromatic rings. The molecule has 22 heavy (non-hydrogen) atoms. The molecule has 2 aliphatic rings. The number of carbonyl (C=O) groups is 3. The first-order valence-electron chi connectivity index (χ1n) is 7.73. The van der Waals surface area contributed by atoms with E-state index in [1.807, 2.05) is 25.1 Å². The Morgan fingerprint density at radius 2 is 1.86 bits per heavy atom. The largest absolute Gasteiger partial charge is 0.338 e. The molecule has 0 unspecified atom stereocenters. The van der Waals surface area contributed by atoms with Crippen molar-refractivity contribution in [1.29, 1.82) is 0 Å². The van der Waals surface area contributed by atoms with Gasteiger partial charge in [0.15, 0.2) is 0 Å². The highest BCUT2D eigenvalue weighted by molar-refractivity contribution is 6.02. The fraction of sp³-hybridized carbons (Fsp3) is 0.471. The lowest BCUT2D eigenvalue weighted by Crippen LogP contribution is -2.62. The summed E-state index contributed by atoms with van der Waals surface area (Å²) in [4.78, 5) is 38.5. The summed E-state index contributed by atoms with van der Waals surface area (Å²) in [7, 11) is 0. The summed E-state index contributed by atoms with van der Waals surface area (Å²) in [5, 5.41) is 0. The second-order valence-corrected chi connectivity index (χ2v) is 6.10. The molecule has 2 saturated heterocycles. The molecule has 2 fully saturated rings. The molecule has 0 aromatic heterocycles. The smallest absolute Gasteiger partial charge is 0.230 e. The third-order valence-corrected chi connectivity index (χ3v) is 4.38. The molecule has 0 saturated carbocycles. The minimum Gasteiger partial charge on any atom is -0.338 e. The summed E-state index contributed by atoms with van der Waals surface area (Å²) >= 11 is 0. The Morgan fingerprint density at radius 1 is 1.18 bits per heavy atom. The Bertz CT molecular complexity index is 604. The first-order chi connectivity index (χ1) is 10.5. The fourth-order valence-electron chi connectivity index (χ4n) is 3.10. The number of rotatable bonds is 4. The maximum atomic E-state index is 12.1. The van der Waals surface area contributed by atoms with Crippen molar-refractivity contribution in [2.75, 3.05) is 13.1 Å². The molecule has 1 aromatic carbocycles. The van der Waals surface area contributed by atoms with Gasteiger partial charge >= 0.3 is 0 Å². The third-order valence-electron chi connectivity index (χ3n) is 4.38. The number of hydrogen-bond acceptors (Lipinski definition) is 3. The lowest BCUT2D eigenvalue weighted by molar-refractivity contribution is -0.151. The van der Waals surface area contributed by atoms with Crippen molar-refractivity contribution in [3.8, 4) is 0 Å². The Morgan fingerprint density at radius 3 is 2.50 bits per heavy atom. The topological polar surface area (TPSA) is 57.7 Å². The highest BCUT2D eigenvalue weighted by Gasteiger charge is 2.42. The highest BCUT2D eigenvalue weighted by atomic mass is 16.2. The van der Waals surface area contributed by atoms with Crippen molar-refractivity contribution in [2.24, 2.45) is 0 Å². The maximum absolute atomic E-state index is 12.1. The van der Waals surface area contributed by atoms with Gasteiger partial charge in [0.05, 0.1) is 6.04 Å². The van der Waals surface area contributed by atoms with Gasteiger partial charge in [-0.05, 0) is 18.9 Å². The van der Waals surface area contributed by atoms with Crippen LogP contribution in [0.25, 0.3) is 0 Å².